The predicted octanol–water partition coefficient (Wildman–Crippen LogP) is 4.21. The lowest BCUT2D eigenvalue weighted by Gasteiger charge is -2.13. The zero-order valence-electron chi connectivity index (χ0n) is 15.0. The number of rotatable bonds is 4. The summed E-state index contributed by atoms with van der Waals surface area (Å²) in [5.74, 6) is 1.96. The minimum absolute atomic E-state index is 0.00680. The molecule has 0 fully saturated rings. The molecule has 6 heteroatoms. The molecule has 0 bridgehead atoms. The van der Waals surface area contributed by atoms with Gasteiger partial charge in [-0.15, -0.1) is 10.2 Å². The van der Waals surface area contributed by atoms with Gasteiger partial charge in [0.2, 0.25) is 0 Å². The number of aromatic nitrogens is 3. The largest absolute Gasteiger partial charge is 0.508 e. The van der Waals surface area contributed by atoms with Crippen LogP contribution in [-0.2, 0) is 0 Å². The van der Waals surface area contributed by atoms with Crippen molar-refractivity contribution in [2.75, 3.05) is 6.61 Å². The van der Waals surface area contributed by atoms with Gasteiger partial charge >= 0.3 is 0 Å². The Labute approximate surface area is 156 Å². The van der Waals surface area contributed by atoms with Crippen molar-refractivity contribution >= 4 is 10.8 Å². The van der Waals surface area contributed by atoms with Crippen LogP contribution in [0, 0.1) is 6.92 Å². The number of nitrogens with zero attached hydrogens (tertiary/aromatic N) is 3. The third-order valence-electron chi connectivity index (χ3n) is 4.43. The average molecular weight is 361 g/mol. The molecule has 6 nitrogen and oxygen atoms in total. The summed E-state index contributed by atoms with van der Waals surface area (Å²) in [5.41, 5.74) is 1.40. The average Bonchev–Trinajstić information content (AvgIpc) is 3.02. The Morgan fingerprint density at radius 1 is 1.00 bits per heavy atom. The van der Waals surface area contributed by atoms with Crippen molar-refractivity contribution < 1.29 is 14.9 Å². The molecule has 0 aliphatic rings. The SMILES string of the molecule is CCOc1ccc2c(-n3c(C)nnc3-c3ccc(O)cc3O)cccc2c1. The Kier molecular flexibility index (Phi) is 4.16. The molecular weight excluding hydrogens is 342 g/mol. The first kappa shape index (κ1) is 16.9. The Hall–Kier alpha value is -3.54. The summed E-state index contributed by atoms with van der Waals surface area (Å²) in [6.45, 7) is 4.43. The molecule has 0 atom stereocenters. The van der Waals surface area contributed by atoms with E-state index in [0.717, 1.165) is 22.2 Å². The van der Waals surface area contributed by atoms with Crippen LogP contribution in [0.25, 0.3) is 27.8 Å². The molecule has 0 spiro atoms. The Balaban J connectivity index is 1.93. The number of phenols is 2. The van der Waals surface area contributed by atoms with E-state index in [1.165, 1.54) is 12.1 Å². The second-order valence-corrected chi connectivity index (χ2v) is 6.20. The molecule has 3 aromatic carbocycles. The minimum Gasteiger partial charge on any atom is -0.508 e. The van der Waals surface area contributed by atoms with Crippen LogP contribution in [-0.4, -0.2) is 31.6 Å². The van der Waals surface area contributed by atoms with Crippen molar-refractivity contribution in [3.8, 4) is 34.3 Å². The number of hydrogen-bond donors (Lipinski definition) is 2. The number of fused-ring (bicyclic) bond motifs is 1. The first-order valence-electron chi connectivity index (χ1n) is 8.69. The van der Waals surface area contributed by atoms with Crippen LogP contribution in [0.2, 0.25) is 0 Å². The summed E-state index contributed by atoms with van der Waals surface area (Å²) in [5, 5.41) is 30.4. The summed E-state index contributed by atoms with van der Waals surface area (Å²) in [6, 6.07) is 16.4. The molecule has 1 aromatic heterocycles. The summed E-state index contributed by atoms with van der Waals surface area (Å²) in [6.07, 6.45) is 0. The van der Waals surface area contributed by atoms with E-state index in [9.17, 15) is 10.2 Å². The molecule has 4 rings (SSSR count). The second kappa shape index (κ2) is 6.64. The quantitative estimate of drug-likeness (QED) is 0.569. The smallest absolute Gasteiger partial charge is 0.172 e. The maximum absolute atomic E-state index is 10.3. The fourth-order valence-electron chi connectivity index (χ4n) is 3.23. The number of aryl methyl sites for hydroxylation is 1. The lowest BCUT2D eigenvalue weighted by molar-refractivity contribution is 0.341. The zero-order chi connectivity index (χ0) is 19.0. The predicted molar refractivity (Wildman–Crippen MR) is 104 cm³/mol. The fraction of sp³-hybridized carbons (Fsp3) is 0.143. The van der Waals surface area contributed by atoms with Crippen LogP contribution < -0.4 is 4.74 Å². The molecule has 0 radical (unpaired) electrons. The van der Waals surface area contributed by atoms with Crippen LogP contribution in [0.5, 0.6) is 17.2 Å². The third-order valence-corrected chi connectivity index (χ3v) is 4.43. The molecule has 4 aromatic rings. The van der Waals surface area contributed by atoms with Crippen LogP contribution in [0.4, 0.5) is 0 Å². The van der Waals surface area contributed by atoms with Crippen molar-refractivity contribution in [3.63, 3.8) is 0 Å². The van der Waals surface area contributed by atoms with Gasteiger partial charge in [0.1, 0.15) is 23.1 Å². The monoisotopic (exact) mass is 361 g/mol. The van der Waals surface area contributed by atoms with E-state index in [1.54, 1.807) is 6.07 Å². The standard InChI is InChI=1S/C21H19N3O3/c1-3-27-16-8-10-17-14(11-16)5-4-6-19(17)24-13(2)22-23-21(24)18-9-7-15(25)12-20(18)26/h4-12,25-26H,3H2,1-2H3. The van der Waals surface area contributed by atoms with Gasteiger partial charge in [-0.25, -0.2) is 0 Å². The second-order valence-electron chi connectivity index (χ2n) is 6.20. The van der Waals surface area contributed by atoms with Crippen LogP contribution >= 0.6 is 0 Å². The summed E-state index contributed by atoms with van der Waals surface area (Å²) < 4.78 is 7.50. The molecule has 0 unspecified atom stereocenters. The van der Waals surface area contributed by atoms with Gasteiger partial charge < -0.3 is 14.9 Å². The van der Waals surface area contributed by atoms with Crippen LogP contribution in [0.1, 0.15) is 12.7 Å². The molecule has 0 aliphatic heterocycles. The Morgan fingerprint density at radius 3 is 2.63 bits per heavy atom. The molecule has 136 valence electrons. The van der Waals surface area contributed by atoms with Gasteiger partial charge in [0.15, 0.2) is 5.82 Å². The van der Waals surface area contributed by atoms with E-state index in [0.29, 0.717) is 23.8 Å². The van der Waals surface area contributed by atoms with E-state index < -0.39 is 0 Å². The molecule has 0 amide bonds. The summed E-state index contributed by atoms with van der Waals surface area (Å²) in [4.78, 5) is 0. The normalized spacial score (nSPS) is 11.0. The lowest BCUT2D eigenvalue weighted by Crippen LogP contribution is -2.01. The first-order valence-corrected chi connectivity index (χ1v) is 8.69. The van der Waals surface area contributed by atoms with E-state index in [-0.39, 0.29) is 11.5 Å². The zero-order valence-corrected chi connectivity index (χ0v) is 15.0. The van der Waals surface area contributed by atoms with Gasteiger partial charge in [-0.05, 0) is 55.6 Å². The molecular formula is C21H19N3O3. The molecule has 0 aliphatic carbocycles. The first-order chi connectivity index (χ1) is 13.1. The molecule has 2 N–H and O–H groups in total. The van der Waals surface area contributed by atoms with Crippen molar-refractivity contribution in [2.24, 2.45) is 0 Å². The fourth-order valence-corrected chi connectivity index (χ4v) is 3.23. The maximum atomic E-state index is 10.3. The minimum atomic E-state index is -0.0532. The van der Waals surface area contributed by atoms with Gasteiger partial charge in [-0.3, -0.25) is 4.57 Å². The van der Waals surface area contributed by atoms with E-state index in [4.69, 9.17) is 4.74 Å². The van der Waals surface area contributed by atoms with Crippen molar-refractivity contribution in [3.05, 3.63) is 60.4 Å². The molecule has 27 heavy (non-hydrogen) atoms. The Morgan fingerprint density at radius 2 is 1.85 bits per heavy atom. The van der Waals surface area contributed by atoms with E-state index in [1.807, 2.05) is 54.8 Å². The van der Waals surface area contributed by atoms with Gasteiger partial charge in [0, 0.05) is 11.5 Å². The number of phenolic OH excluding ortho intramolecular Hbond substituents is 2. The highest BCUT2D eigenvalue weighted by Gasteiger charge is 2.18. The van der Waals surface area contributed by atoms with Crippen LogP contribution in [0.15, 0.2) is 54.6 Å². The van der Waals surface area contributed by atoms with Gasteiger partial charge in [-0.1, -0.05) is 12.1 Å². The van der Waals surface area contributed by atoms with Crippen molar-refractivity contribution in [1.82, 2.24) is 14.8 Å². The van der Waals surface area contributed by atoms with Crippen LogP contribution in [0.3, 0.4) is 0 Å². The molecule has 1 heterocycles. The van der Waals surface area contributed by atoms with Crippen molar-refractivity contribution in [2.45, 2.75) is 13.8 Å². The number of aromatic hydroxyl groups is 2. The number of ether oxygens (including phenoxy) is 1. The third kappa shape index (κ3) is 2.95. The van der Waals surface area contributed by atoms with Crippen molar-refractivity contribution in [1.29, 1.82) is 0 Å². The van der Waals surface area contributed by atoms with Gasteiger partial charge in [0.25, 0.3) is 0 Å². The topological polar surface area (TPSA) is 80.4 Å². The number of hydrogen-bond acceptors (Lipinski definition) is 5. The highest BCUT2D eigenvalue weighted by Crippen LogP contribution is 2.35. The van der Waals surface area contributed by atoms with Gasteiger partial charge in [0.05, 0.1) is 17.9 Å². The highest BCUT2D eigenvalue weighted by atomic mass is 16.5. The molecule has 0 saturated carbocycles. The summed E-state index contributed by atoms with van der Waals surface area (Å²) in [7, 11) is 0. The molecule has 0 saturated heterocycles. The van der Waals surface area contributed by atoms with E-state index in [2.05, 4.69) is 10.2 Å². The highest BCUT2D eigenvalue weighted by molar-refractivity contribution is 5.92. The number of benzene rings is 3. The lowest BCUT2D eigenvalue weighted by atomic mass is 10.1. The van der Waals surface area contributed by atoms with Gasteiger partial charge in [-0.2, -0.15) is 0 Å². The van der Waals surface area contributed by atoms with E-state index >= 15 is 0 Å². The Bertz CT molecular complexity index is 1130. The maximum Gasteiger partial charge on any atom is 0.172 e. The summed E-state index contributed by atoms with van der Waals surface area (Å²) >= 11 is 0.